The molecule has 0 saturated heterocycles. The van der Waals surface area contributed by atoms with Crippen molar-refractivity contribution in [3.63, 3.8) is 0 Å². The highest BCUT2D eigenvalue weighted by Gasteiger charge is 2.31. The van der Waals surface area contributed by atoms with Gasteiger partial charge < -0.3 is 15.0 Å². The van der Waals surface area contributed by atoms with Crippen molar-refractivity contribution in [2.24, 2.45) is 0 Å². The number of aliphatic hydroxyl groups is 1. The van der Waals surface area contributed by atoms with Gasteiger partial charge in [-0.1, -0.05) is 13.0 Å². The van der Waals surface area contributed by atoms with E-state index < -0.39 is 6.23 Å². The molecule has 158 valence electrons. The summed E-state index contributed by atoms with van der Waals surface area (Å²) in [6, 6.07) is 9.39. The van der Waals surface area contributed by atoms with Gasteiger partial charge in [-0.05, 0) is 49.9 Å². The van der Waals surface area contributed by atoms with E-state index in [0.717, 1.165) is 30.3 Å². The Morgan fingerprint density at radius 2 is 2.20 bits per heavy atom. The van der Waals surface area contributed by atoms with Gasteiger partial charge in [-0.15, -0.1) is 0 Å². The first kappa shape index (κ1) is 20.5. The first-order valence-corrected chi connectivity index (χ1v) is 10.4. The molecule has 3 atom stereocenters. The van der Waals surface area contributed by atoms with Gasteiger partial charge in [0.05, 0.1) is 11.3 Å². The molecule has 0 spiro atoms. The topological polar surface area (TPSA) is 81.2 Å². The summed E-state index contributed by atoms with van der Waals surface area (Å²) in [5.74, 6) is -0.362. The average molecular weight is 410 g/mol. The molecular formula is C23H27FN4O2. The number of rotatable bonds is 6. The monoisotopic (exact) mass is 410 g/mol. The second-order valence-electron chi connectivity index (χ2n) is 8.00. The predicted molar refractivity (Wildman–Crippen MR) is 114 cm³/mol. The molecule has 30 heavy (non-hydrogen) atoms. The lowest BCUT2D eigenvalue weighted by molar-refractivity contribution is 0.0728. The highest BCUT2D eigenvalue weighted by Crippen LogP contribution is 2.27. The molecule has 1 aromatic carbocycles. The standard InChI is InChI=1S/C23H27FN4O2/c1-3-22(29)27-16-6-7-17(11-16)28(2)23(30)15-5-8-20(25-12-15)14-4-9-21-18(10-14)19(24)13-26-21/h4-5,8-10,12-13,16-17,22,26-27,29H,3,6-7,11H2,1-2H3/t16-,17+,22?/m0/s1. The molecule has 4 rings (SSSR count). The largest absolute Gasteiger partial charge is 0.379 e. The fourth-order valence-electron chi connectivity index (χ4n) is 4.16. The number of carbonyl (C=O) groups is 1. The van der Waals surface area contributed by atoms with Gasteiger partial charge in [0.25, 0.3) is 5.91 Å². The maximum absolute atomic E-state index is 13.8. The number of halogens is 1. The normalized spacial score (nSPS) is 19.9. The molecule has 1 aliphatic rings. The van der Waals surface area contributed by atoms with E-state index in [2.05, 4.69) is 15.3 Å². The third kappa shape index (κ3) is 4.08. The Kier molecular flexibility index (Phi) is 5.83. The van der Waals surface area contributed by atoms with Crippen molar-refractivity contribution in [1.82, 2.24) is 20.2 Å². The van der Waals surface area contributed by atoms with E-state index in [1.807, 2.05) is 26.1 Å². The minimum absolute atomic E-state index is 0.0668. The number of benzene rings is 1. The number of pyridine rings is 1. The second kappa shape index (κ2) is 8.53. The quantitative estimate of drug-likeness (QED) is 0.542. The summed E-state index contributed by atoms with van der Waals surface area (Å²) >= 11 is 0. The van der Waals surface area contributed by atoms with Gasteiger partial charge in [0.2, 0.25) is 0 Å². The minimum Gasteiger partial charge on any atom is -0.379 e. The number of H-pyrrole nitrogens is 1. The summed E-state index contributed by atoms with van der Waals surface area (Å²) in [5.41, 5.74) is 2.75. The number of aliphatic hydroxyl groups excluding tert-OH is 1. The van der Waals surface area contributed by atoms with Crippen molar-refractivity contribution >= 4 is 16.8 Å². The zero-order valence-electron chi connectivity index (χ0n) is 17.2. The number of aromatic nitrogens is 2. The lowest BCUT2D eigenvalue weighted by atomic mass is 10.1. The van der Waals surface area contributed by atoms with Gasteiger partial charge in [-0.2, -0.15) is 0 Å². The van der Waals surface area contributed by atoms with Crippen LogP contribution in [0.5, 0.6) is 0 Å². The summed E-state index contributed by atoms with van der Waals surface area (Å²) in [6.07, 6.45) is 5.76. The lowest BCUT2D eigenvalue weighted by Gasteiger charge is -2.25. The molecule has 1 fully saturated rings. The van der Waals surface area contributed by atoms with Gasteiger partial charge in [-0.3, -0.25) is 15.1 Å². The van der Waals surface area contributed by atoms with Gasteiger partial charge in [0.15, 0.2) is 0 Å². The van der Waals surface area contributed by atoms with Crippen molar-refractivity contribution in [2.75, 3.05) is 7.05 Å². The molecule has 1 amide bonds. The molecule has 0 aliphatic heterocycles. The van der Waals surface area contributed by atoms with Crippen LogP contribution in [0.3, 0.4) is 0 Å². The summed E-state index contributed by atoms with van der Waals surface area (Å²) in [4.78, 5) is 22.0. The molecule has 0 bridgehead atoms. The van der Waals surface area contributed by atoms with Crippen LogP contribution in [0.25, 0.3) is 22.2 Å². The molecule has 0 radical (unpaired) electrons. The molecule has 1 saturated carbocycles. The fourth-order valence-corrected chi connectivity index (χ4v) is 4.16. The van der Waals surface area contributed by atoms with E-state index in [4.69, 9.17) is 0 Å². The molecule has 3 aromatic rings. The maximum atomic E-state index is 13.8. The van der Waals surface area contributed by atoms with Crippen LogP contribution in [0.2, 0.25) is 0 Å². The van der Waals surface area contributed by atoms with Crippen LogP contribution in [-0.2, 0) is 0 Å². The van der Waals surface area contributed by atoms with Gasteiger partial charge in [-0.25, -0.2) is 4.39 Å². The molecule has 6 nitrogen and oxygen atoms in total. The number of nitrogens with zero attached hydrogens (tertiary/aromatic N) is 2. The summed E-state index contributed by atoms with van der Waals surface area (Å²) in [7, 11) is 1.82. The Morgan fingerprint density at radius 1 is 1.37 bits per heavy atom. The van der Waals surface area contributed by atoms with E-state index in [0.29, 0.717) is 23.1 Å². The number of hydrogen-bond acceptors (Lipinski definition) is 4. The Labute approximate surface area is 175 Å². The number of carbonyl (C=O) groups excluding carboxylic acids is 1. The van der Waals surface area contributed by atoms with E-state index in [1.165, 1.54) is 6.20 Å². The van der Waals surface area contributed by atoms with Crippen LogP contribution < -0.4 is 5.32 Å². The van der Waals surface area contributed by atoms with E-state index >= 15 is 0 Å². The van der Waals surface area contributed by atoms with Crippen LogP contribution in [0.1, 0.15) is 43.0 Å². The molecule has 3 N–H and O–H groups in total. The van der Waals surface area contributed by atoms with Crippen LogP contribution in [0, 0.1) is 5.82 Å². The van der Waals surface area contributed by atoms with E-state index in [1.54, 1.807) is 29.3 Å². The molecule has 2 aromatic heterocycles. The van der Waals surface area contributed by atoms with Crippen LogP contribution in [-0.4, -0.2) is 51.2 Å². The van der Waals surface area contributed by atoms with Crippen LogP contribution >= 0.6 is 0 Å². The van der Waals surface area contributed by atoms with Crippen molar-refractivity contribution in [3.8, 4) is 11.3 Å². The van der Waals surface area contributed by atoms with Crippen molar-refractivity contribution in [1.29, 1.82) is 0 Å². The first-order chi connectivity index (χ1) is 14.5. The molecule has 1 aliphatic carbocycles. The maximum Gasteiger partial charge on any atom is 0.255 e. The number of nitrogens with one attached hydrogen (secondary N) is 2. The Morgan fingerprint density at radius 3 is 2.93 bits per heavy atom. The lowest BCUT2D eigenvalue weighted by Crippen LogP contribution is -2.39. The second-order valence-corrected chi connectivity index (χ2v) is 8.00. The molecule has 2 heterocycles. The van der Waals surface area contributed by atoms with Crippen LogP contribution in [0.4, 0.5) is 4.39 Å². The summed E-state index contributed by atoms with van der Waals surface area (Å²) in [6.45, 7) is 1.93. The third-order valence-corrected chi connectivity index (χ3v) is 6.03. The van der Waals surface area contributed by atoms with E-state index in [9.17, 15) is 14.3 Å². The third-order valence-electron chi connectivity index (χ3n) is 6.03. The Balaban J connectivity index is 1.44. The highest BCUT2D eigenvalue weighted by molar-refractivity contribution is 5.94. The Bertz CT molecular complexity index is 1030. The molecule has 1 unspecified atom stereocenters. The average Bonchev–Trinajstić information content (AvgIpc) is 3.39. The number of hydrogen-bond donors (Lipinski definition) is 3. The Hall–Kier alpha value is -2.77. The van der Waals surface area contributed by atoms with Crippen LogP contribution in [0.15, 0.2) is 42.7 Å². The summed E-state index contributed by atoms with van der Waals surface area (Å²) < 4.78 is 13.8. The molecule has 7 heteroatoms. The number of fused-ring (bicyclic) bond motifs is 1. The van der Waals surface area contributed by atoms with Crippen molar-refractivity contribution < 1.29 is 14.3 Å². The molecular weight excluding hydrogens is 383 g/mol. The number of aromatic amines is 1. The smallest absolute Gasteiger partial charge is 0.255 e. The van der Waals surface area contributed by atoms with E-state index in [-0.39, 0.29) is 23.8 Å². The van der Waals surface area contributed by atoms with Gasteiger partial charge >= 0.3 is 0 Å². The minimum atomic E-state index is -0.495. The predicted octanol–water partition coefficient (Wildman–Crippen LogP) is 3.68. The SMILES string of the molecule is CCC(O)N[C@H]1CC[C@@H](N(C)C(=O)c2ccc(-c3ccc4[nH]cc(F)c4c3)nc2)C1. The summed E-state index contributed by atoms with van der Waals surface area (Å²) in [5, 5.41) is 13.5. The highest BCUT2D eigenvalue weighted by atomic mass is 19.1. The van der Waals surface area contributed by atoms with Gasteiger partial charge in [0, 0.05) is 48.0 Å². The van der Waals surface area contributed by atoms with Crippen molar-refractivity contribution in [3.05, 3.63) is 54.1 Å². The fraction of sp³-hybridized carbons (Fsp3) is 0.391. The zero-order chi connectivity index (χ0) is 21.3. The van der Waals surface area contributed by atoms with Crippen molar-refractivity contribution in [2.45, 2.75) is 50.9 Å². The first-order valence-electron chi connectivity index (χ1n) is 10.4. The van der Waals surface area contributed by atoms with Gasteiger partial charge in [0.1, 0.15) is 12.0 Å². The number of amides is 1. The zero-order valence-corrected chi connectivity index (χ0v) is 17.2.